The second-order valence-electron chi connectivity index (χ2n) is 6.87. The summed E-state index contributed by atoms with van der Waals surface area (Å²) < 4.78 is 2.02. The SMILES string of the molecule is C[C@@H](CCc1ccccc1)NC(=O)C[n+]1ccc2c(c1)CCCC2. The van der Waals surface area contributed by atoms with Gasteiger partial charge in [0.15, 0.2) is 12.4 Å². The van der Waals surface area contributed by atoms with Gasteiger partial charge in [-0.1, -0.05) is 30.3 Å². The van der Waals surface area contributed by atoms with Gasteiger partial charge in [0.2, 0.25) is 6.54 Å². The maximum atomic E-state index is 12.3. The third-order valence-electron chi connectivity index (χ3n) is 4.79. The average molecular weight is 323 g/mol. The van der Waals surface area contributed by atoms with Crippen LogP contribution in [-0.4, -0.2) is 11.9 Å². The number of rotatable bonds is 6. The molecular weight excluding hydrogens is 296 g/mol. The first-order chi connectivity index (χ1) is 11.7. The molecule has 24 heavy (non-hydrogen) atoms. The average Bonchev–Trinajstić information content (AvgIpc) is 2.60. The van der Waals surface area contributed by atoms with Gasteiger partial charge in [0.25, 0.3) is 5.91 Å². The Morgan fingerprint density at radius 3 is 2.67 bits per heavy atom. The molecule has 1 aliphatic carbocycles. The predicted octanol–water partition coefficient (Wildman–Crippen LogP) is 2.99. The summed E-state index contributed by atoms with van der Waals surface area (Å²) in [5.74, 6) is 0.0938. The molecule has 0 fully saturated rings. The number of carbonyl (C=O) groups is 1. The van der Waals surface area contributed by atoms with Crippen molar-refractivity contribution in [1.82, 2.24) is 5.32 Å². The molecule has 0 saturated heterocycles. The van der Waals surface area contributed by atoms with E-state index in [1.807, 2.05) is 16.8 Å². The molecule has 1 amide bonds. The summed E-state index contributed by atoms with van der Waals surface area (Å²) in [6.45, 7) is 2.49. The van der Waals surface area contributed by atoms with Crippen molar-refractivity contribution < 1.29 is 9.36 Å². The lowest BCUT2D eigenvalue weighted by molar-refractivity contribution is -0.685. The monoisotopic (exact) mass is 323 g/mol. The van der Waals surface area contributed by atoms with Gasteiger partial charge in [0.05, 0.1) is 0 Å². The number of pyridine rings is 1. The molecule has 1 atom stereocenters. The van der Waals surface area contributed by atoms with Crippen LogP contribution in [0.25, 0.3) is 0 Å². The molecule has 0 unspecified atom stereocenters. The van der Waals surface area contributed by atoms with E-state index in [1.165, 1.54) is 36.0 Å². The second kappa shape index (κ2) is 8.09. The Morgan fingerprint density at radius 1 is 1.12 bits per heavy atom. The lowest BCUT2D eigenvalue weighted by atomic mass is 9.93. The number of nitrogens with zero attached hydrogens (tertiary/aromatic N) is 1. The summed E-state index contributed by atoms with van der Waals surface area (Å²) in [7, 11) is 0. The first kappa shape index (κ1) is 16.7. The predicted molar refractivity (Wildman–Crippen MR) is 95.6 cm³/mol. The standard InChI is InChI=1S/C21H26N2O/c1-17(11-12-18-7-3-2-4-8-18)22-21(24)16-23-14-13-19-9-5-6-10-20(19)15-23/h2-4,7-8,13-15,17H,5-6,9-12,16H2,1H3/p+1/t17-/m0/s1. The van der Waals surface area contributed by atoms with Crippen LogP contribution in [-0.2, 0) is 30.6 Å². The molecule has 2 aromatic rings. The highest BCUT2D eigenvalue weighted by Crippen LogP contribution is 2.18. The van der Waals surface area contributed by atoms with Gasteiger partial charge in [-0.3, -0.25) is 4.79 Å². The molecule has 3 nitrogen and oxygen atoms in total. The number of aromatic nitrogens is 1. The summed E-state index contributed by atoms with van der Waals surface area (Å²) in [5, 5.41) is 3.12. The summed E-state index contributed by atoms with van der Waals surface area (Å²) in [5.41, 5.74) is 4.19. The lowest BCUT2D eigenvalue weighted by Crippen LogP contribution is -2.45. The number of aryl methyl sites for hydroxylation is 3. The first-order valence-corrected chi connectivity index (χ1v) is 9.05. The van der Waals surface area contributed by atoms with Crippen molar-refractivity contribution in [2.24, 2.45) is 0 Å². The van der Waals surface area contributed by atoms with Gasteiger partial charge in [0.1, 0.15) is 0 Å². The zero-order valence-corrected chi connectivity index (χ0v) is 14.5. The Labute approximate surface area is 144 Å². The van der Waals surface area contributed by atoms with Crippen LogP contribution in [0.5, 0.6) is 0 Å². The van der Waals surface area contributed by atoms with E-state index in [1.54, 1.807) is 0 Å². The number of hydrogen-bond acceptors (Lipinski definition) is 1. The van der Waals surface area contributed by atoms with Crippen molar-refractivity contribution >= 4 is 5.91 Å². The largest absolute Gasteiger partial charge is 0.348 e. The van der Waals surface area contributed by atoms with E-state index in [0.717, 1.165) is 19.3 Å². The van der Waals surface area contributed by atoms with E-state index in [2.05, 4.69) is 48.8 Å². The molecule has 3 rings (SSSR count). The van der Waals surface area contributed by atoms with Crippen molar-refractivity contribution in [2.75, 3.05) is 0 Å². The van der Waals surface area contributed by atoms with Crippen LogP contribution < -0.4 is 9.88 Å². The summed E-state index contributed by atoms with van der Waals surface area (Å²) in [6, 6.07) is 12.8. The number of hydrogen-bond donors (Lipinski definition) is 1. The number of benzene rings is 1. The Balaban J connectivity index is 1.48. The highest BCUT2D eigenvalue weighted by Gasteiger charge is 2.16. The lowest BCUT2D eigenvalue weighted by Gasteiger charge is -2.14. The van der Waals surface area contributed by atoms with E-state index in [9.17, 15) is 4.79 Å². The molecule has 1 aliphatic rings. The quantitative estimate of drug-likeness (QED) is 0.815. The molecule has 126 valence electrons. The highest BCUT2D eigenvalue weighted by atomic mass is 16.2. The maximum Gasteiger partial charge on any atom is 0.286 e. The minimum absolute atomic E-state index is 0.0938. The van der Waals surface area contributed by atoms with Gasteiger partial charge in [-0.25, -0.2) is 0 Å². The molecule has 1 N–H and O–H groups in total. The van der Waals surface area contributed by atoms with Crippen LogP contribution in [0.2, 0.25) is 0 Å². The van der Waals surface area contributed by atoms with E-state index in [-0.39, 0.29) is 11.9 Å². The van der Waals surface area contributed by atoms with Gasteiger partial charge in [-0.15, -0.1) is 0 Å². The van der Waals surface area contributed by atoms with Gasteiger partial charge < -0.3 is 5.32 Å². The van der Waals surface area contributed by atoms with Gasteiger partial charge >= 0.3 is 0 Å². The molecule has 0 aliphatic heterocycles. The minimum Gasteiger partial charge on any atom is -0.348 e. The molecule has 1 heterocycles. The Bertz CT molecular complexity index is 681. The van der Waals surface area contributed by atoms with Crippen molar-refractivity contribution in [3.05, 3.63) is 65.5 Å². The van der Waals surface area contributed by atoms with Crippen LogP contribution in [0.4, 0.5) is 0 Å². The molecule has 1 aromatic heterocycles. The molecular formula is C21H27N2O+. The third-order valence-corrected chi connectivity index (χ3v) is 4.79. The van der Waals surface area contributed by atoms with E-state index in [4.69, 9.17) is 0 Å². The van der Waals surface area contributed by atoms with E-state index in [0.29, 0.717) is 6.54 Å². The fraction of sp³-hybridized carbons (Fsp3) is 0.429. The van der Waals surface area contributed by atoms with E-state index < -0.39 is 0 Å². The minimum atomic E-state index is 0.0938. The molecule has 0 bridgehead atoms. The normalized spacial score (nSPS) is 14.7. The molecule has 0 spiro atoms. The Hall–Kier alpha value is -2.16. The third kappa shape index (κ3) is 4.67. The zero-order valence-electron chi connectivity index (χ0n) is 14.5. The number of amides is 1. The van der Waals surface area contributed by atoms with Crippen LogP contribution >= 0.6 is 0 Å². The number of nitrogens with one attached hydrogen (secondary N) is 1. The van der Waals surface area contributed by atoms with Crippen molar-refractivity contribution in [2.45, 2.75) is 58.0 Å². The molecule has 3 heteroatoms. The van der Waals surface area contributed by atoms with Gasteiger partial charge in [0, 0.05) is 17.7 Å². The Kier molecular flexibility index (Phi) is 5.63. The first-order valence-electron chi connectivity index (χ1n) is 9.05. The zero-order chi connectivity index (χ0) is 16.8. The van der Waals surface area contributed by atoms with Crippen molar-refractivity contribution in [3.8, 4) is 0 Å². The topological polar surface area (TPSA) is 33.0 Å². The number of carbonyl (C=O) groups excluding carboxylic acids is 1. The van der Waals surface area contributed by atoms with Crippen molar-refractivity contribution in [1.29, 1.82) is 0 Å². The fourth-order valence-electron chi connectivity index (χ4n) is 3.40. The summed E-state index contributed by atoms with van der Waals surface area (Å²) in [6.07, 6.45) is 11.0. The van der Waals surface area contributed by atoms with Gasteiger partial charge in [-0.05, 0) is 56.6 Å². The molecule has 0 saturated carbocycles. The highest BCUT2D eigenvalue weighted by molar-refractivity contribution is 5.74. The smallest absolute Gasteiger partial charge is 0.286 e. The summed E-state index contributed by atoms with van der Waals surface area (Å²) >= 11 is 0. The summed E-state index contributed by atoms with van der Waals surface area (Å²) in [4.78, 5) is 12.3. The molecule has 1 aromatic carbocycles. The fourth-order valence-corrected chi connectivity index (χ4v) is 3.40. The van der Waals surface area contributed by atoms with Crippen LogP contribution in [0.15, 0.2) is 48.8 Å². The second-order valence-corrected chi connectivity index (χ2v) is 6.87. The maximum absolute atomic E-state index is 12.3. The number of fused-ring (bicyclic) bond motifs is 1. The Morgan fingerprint density at radius 2 is 1.88 bits per heavy atom. The van der Waals surface area contributed by atoms with E-state index >= 15 is 0 Å². The van der Waals surface area contributed by atoms with Crippen LogP contribution in [0.3, 0.4) is 0 Å². The van der Waals surface area contributed by atoms with Crippen LogP contribution in [0, 0.1) is 0 Å². The van der Waals surface area contributed by atoms with Crippen LogP contribution in [0.1, 0.15) is 42.9 Å². The van der Waals surface area contributed by atoms with Gasteiger partial charge in [-0.2, -0.15) is 4.57 Å². The van der Waals surface area contributed by atoms with Crippen molar-refractivity contribution in [3.63, 3.8) is 0 Å². The molecule has 0 radical (unpaired) electrons.